The van der Waals surface area contributed by atoms with E-state index in [9.17, 15) is 32.7 Å². The summed E-state index contributed by atoms with van der Waals surface area (Å²) in [5, 5.41) is 14.4. The van der Waals surface area contributed by atoms with Crippen LogP contribution in [0.1, 0.15) is 55.3 Å². The second-order valence-corrected chi connectivity index (χ2v) is 10.8. The first kappa shape index (κ1) is 28.6. The summed E-state index contributed by atoms with van der Waals surface area (Å²) in [6.45, 7) is 2.15. The molecule has 216 valence electrons. The van der Waals surface area contributed by atoms with Crippen LogP contribution in [-0.2, 0) is 27.0 Å². The van der Waals surface area contributed by atoms with E-state index in [0.29, 0.717) is 12.0 Å². The first-order chi connectivity index (χ1) is 19.6. The van der Waals surface area contributed by atoms with E-state index in [4.69, 9.17) is 0 Å². The number of imide groups is 1. The molecule has 41 heavy (non-hydrogen) atoms. The van der Waals surface area contributed by atoms with Gasteiger partial charge in [-0.15, -0.1) is 0 Å². The van der Waals surface area contributed by atoms with Gasteiger partial charge in [-0.3, -0.25) is 24.6 Å². The molecule has 2 fully saturated rings. The number of rotatable bonds is 10. The van der Waals surface area contributed by atoms with Crippen LogP contribution in [0.25, 0.3) is 10.9 Å². The topological polar surface area (TPSA) is 102 Å². The highest BCUT2D eigenvalue weighted by molar-refractivity contribution is 6.09. The number of fused-ring (bicyclic) bond motifs is 2. The highest BCUT2D eigenvalue weighted by atomic mass is 19.4. The third-order valence-corrected chi connectivity index (χ3v) is 8.25. The van der Waals surface area contributed by atoms with Crippen LogP contribution in [0.5, 0.6) is 0 Å². The monoisotopic (exact) mass is 567 g/mol. The summed E-state index contributed by atoms with van der Waals surface area (Å²) in [4.78, 5) is 44.9. The van der Waals surface area contributed by atoms with Crippen molar-refractivity contribution in [3.8, 4) is 0 Å². The van der Waals surface area contributed by atoms with Crippen molar-refractivity contribution in [3.63, 3.8) is 0 Å². The molecule has 4 unspecified atom stereocenters. The van der Waals surface area contributed by atoms with Gasteiger partial charge in [0.25, 0.3) is 0 Å². The SMILES string of the molecule is CCCCC=CCCN1C(=O)C2C(c3cccc(C(F)(F)F)c3)NC(Cc3c[nH]c4ccccc34)(C(=O)O)C2C1=O. The molecular formula is C31H32F3N3O4. The third kappa shape index (κ3) is 5.16. The van der Waals surface area contributed by atoms with E-state index in [-0.39, 0.29) is 18.5 Å². The number of hydrogen-bond donors (Lipinski definition) is 3. The van der Waals surface area contributed by atoms with Crippen LogP contribution in [0.2, 0.25) is 0 Å². The van der Waals surface area contributed by atoms with Gasteiger partial charge in [-0.25, -0.2) is 0 Å². The van der Waals surface area contributed by atoms with Gasteiger partial charge in [0.2, 0.25) is 11.8 Å². The largest absolute Gasteiger partial charge is 0.480 e. The Kier molecular flexibility index (Phi) is 7.78. The maximum atomic E-state index is 13.9. The smallest absolute Gasteiger partial charge is 0.416 e. The Hall–Kier alpha value is -3.92. The first-order valence-electron chi connectivity index (χ1n) is 13.8. The molecule has 2 aliphatic heterocycles. The quantitative estimate of drug-likeness (QED) is 0.167. The first-order valence-corrected chi connectivity index (χ1v) is 13.8. The van der Waals surface area contributed by atoms with E-state index in [0.717, 1.165) is 47.2 Å². The molecule has 0 saturated carbocycles. The number of carboxylic acid groups (broad SMARTS) is 1. The summed E-state index contributed by atoms with van der Waals surface area (Å²) < 4.78 is 40.8. The van der Waals surface area contributed by atoms with Gasteiger partial charge in [-0.05, 0) is 42.2 Å². The summed E-state index contributed by atoms with van der Waals surface area (Å²) in [5.41, 5.74) is -1.33. The zero-order valence-electron chi connectivity index (χ0n) is 22.6. The summed E-state index contributed by atoms with van der Waals surface area (Å²) in [6, 6.07) is 10.7. The molecule has 0 radical (unpaired) electrons. The number of nitrogens with zero attached hydrogens (tertiary/aromatic N) is 1. The Morgan fingerprint density at radius 1 is 1.07 bits per heavy atom. The van der Waals surface area contributed by atoms with Gasteiger partial charge in [0.15, 0.2) is 0 Å². The number of hydrogen-bond acceptors (Lipinski definition) is 4. The van der Waals surface area contributed by atoms with Crippen LogP contribution in [0.15, 0.2) is 66.9 Å². The van der Waals surface area contributed by atoms with E-state index in [2.05, 4.69) is 17.2 Å². The molecule has 2 saturated heterocycles. The van der Waals surface area contributed by atoms with Crippen molar-refractivity contribution in [2.24, 2.45) is 11.8 Å². The number of alkyl halides is 3. The number of allylic oxidation sites excluding steroid dienone is 1. The molecule has 0 aliphatic carbocycles. The Morgan fingerprint density at radius 2 is 1.83 bits per heavy atom. The molecule has 10 heteroatoms. The second-order valence-electron chi connectivity index (χ2n) is 10.8. The van der Waals surface area contributed by atoms with Crippen LogP contribution in [0.4, 0.5) is 13.2 Å². The highest BCUT2D eigenvalue weighted by Gasteiger charge is 2.68. The van der Waals surface area contributed by atoms with Gasteiger partial charge < -0.3 is 10.1 Å². The van der Waals surface area contributed by atoms with Crippen molar-refractivity contribution in [2.75, 3.05) is 6.54 Å². The number of carbonyl (C=O) groups is 3. The lowest BCUT2D eigenvalue weighted by Gasteiger charge is -2.31. The molecule has 4 atom stereocenters. The van der Waals surface area contributed by atoms with E-state index in [1.807, 2.05) is 36.4 Å². The highest BCUT2D eigenvalue weighted by Crippen LogP contribution is 2.51. The molecule has 2 amide bonds. The maximum absolute atomic E-state index is 13.9. The fourth-order valence-electron chi connectivity index (χ4n) is 6.25. The molecule has 0 bridgehead atoms. The fraction of sp³-hybridized carbons (Fsp3) is 0.387. The average Bonchev–Trinajstić information content (AvgIpc) is 3.59. The van der Waals surface area contributed by atoms with Gasteiger partial charge in [0.1, 0.15) is 5.54 Å². The van der Waals surface area contributed by atoms with Gasteiger partial charge in [0, 0.05) is 36.1 Å². The Balaban J connectivity index is 1.56. The molecule has 2 aliphatic rings. The maximum Gasteiger partial charge on any atom is 0.416 e. The number of likely N-dealkylation sites (tertiary alicyclic amines) is 1. The number of benzene rings is 2. The van der Waals surface area contributed by atoms with Crippen molar-refractivity contribution < 1.29 is 32.7 Å². The number of nitrogens with one attached hydrogen (secondary N) is 2. The standard InChI is InChI=1S/C31H32F3N3O4/c1-2-3-4-5-6-9-15-37-27(38)24-25(28(37)39)30(29(40)41,17-20-18-35-23-14-8-7-13-22(20)23)36-26(24)19-11-10-12-21(16-19)31(32,33)34/h5-8,10-14,16,18,24-26,35-36H,2-4,9,15,17H2,1H3,(H,40,41). The molecule has 5 rings (SSSR count). The fourth-order valence-corrected chi connectivity index (χ4v) is 6.25. The number of carboxylic acids is 1. The summed E-state index contributed by atoms with van der Waals surface area (Å²) >= 11 is 0. The number of aliphatic carboxylic acids is 1. The lowest BCUT2D eigenvalue weighted by Crippen LogP contribution is -2.57. The minimum atomic E-state index is -4.63. The normalized spacial score (nSPS) is 24.6. The third-order valence-electron chi connectivity index (χ3n) is 8.25. The van der Waals surface area contributed by atoms with Crippen LogP contribution < -0.4 is 5.32 Å². The lowest BCUT2D eigenvalue weighted by atomic mass is 9.76. The van der Waals surface area contributed by atoms with Gasteiger partial charge in [0.05, 0.1) is 17.4 Å². The zero-order chi connectivity index (χ0) is 29.4. The molecular weight excluding hydrogens is 535 g/mol. The van der Waals surface area contributed by atoms with Crippen molar-refractivity contribution in [2.45, 2.75) is 56.8 Å². The molecule has 1 aromatic heterocycles. The van der Waals surface area contributed by atoms with Crippen molar-refractivity contribution in [3.05, 3.63) is 83.6 Å². The Morgan fingerprint density at radius 3 is 2.56 bits per heavy atom. The van der Waals surface area contributed by atoms with Crippen molar-refractivity contribution in [1.29, 1.82) is 0 Å². The van der Waals surface area contributed by atoms with Crippen LogP contribution in [0.3, 0.4) is 0 Å². The number of halogens is 3. The van der Waals surface area contributed by atoms with Gasteiger partial charge in [-0.2, -0.15) is 13.2 Å². The summed E-state index contributed by atoms with van der Waals surface area (Å²) in [6.07, 6.45) is 4.10. The number of carbonyl (C=O) groups excluding carboxylic acids is 2. The van der Waals surface area contributed by atoms with E-state index in [1.54, 1.807) is 6.20 Å². The van der Waals surface area contributed by atoms with E-state index < -0.39 is 52.9 Å². The predicted molar refractivity (Wildman–Crippen MR) is 147 cm³/mol. The van der Waals surface area contributed by atoms with E-state index in [1.165, 1.54) is 12.1 Å². The second kappa shape index (κ2) is 11.2. The predicted octanol–water partition coefficient (Wildman–Crippen LogP) is 5.63. The van der Waals surface area contributed by atoms with Crippen LogP contribution in [0, 0.1) is 11.8 Å². The van der Waals surface area contributed by atoms with E-state index >= 15 is 0 Å². The minimum Gasteiger partial charge on any atom is -0.480 e. The zero-order valence-corrected chi connectivity index (χ0v) is 22.6. The number of aromatic nitrogens is 1. The molecule has 0 spiro atoms. The number of aromatic amines is 1. The number of para-hydroxylation sites is 1. The number of unbranched alkanes of at least 4 members (excludes halogenated alkanes) is 2. The molecule has 3 N–H and O–H groups in total. The molecule has 7 nitrogen and oxygen atoms in total. The van der Waals surface area contributed by atoms with Crippen molar-refractivity contribution in [1.82, 2.24) is 15.2 Å². The number of amides is 2. The summed E-state index contributed by atoms with van der Waals surface area (Å²) in [7, 11) is 0. The minimum absolute atomic E-state index is 0.0748. The van der Waals surface area contributed by atoms with Crippen LogP contribution >= 0.6 is 0 Å². The molecule has 3 aromatic rings. The Labute approximate surface area is 235 Å². The number of H-pyrrole nitrogens is 1. The Bertz CT molecular complexity index is 1500. The lowest BCUT2D eigenvalue weighted by molar-refractivity contribution is -0.151. The summed E-state index contributed by atoms with van der Waals surface area (Å²) in [5.74, 6) is -5.00. The van der Waals surface area contributed by atoms with Crippen LogP contribution in [-0.4, -0.2) is 44.9 Å². The van der Waals surface area contributed by atoms with Crippen molar-refractivity contribution >= 4 is 28.7 Å². The molecule has 3 heterocycles. The molecule has 2 aromatic carbocycles. The average molecular weight is 568 g/mol. The van der Waals surface area contributed by atoms with Gasteiger partial charge in [-0.1, -0.05) is 62.2 Å². The van der Waals surface area contributed by atoms with Gasteiger partial charge >= 0.3 is 12.1 Å².